The molecule has 1 aromatic rings. The van der Waals surface area contributed by atoms with Crippen LogP contribution in [0.25, 0.3) is 0 Å². The van der Waals surface area contributed by atoms with Crippen molar-refractivity contribution in [1.82, 2.24) is 20.9 Å². The van der Waals surface area contributed by atoms with Crippen molar-refractivity contribution in [3.8, 4) is 0 Å². The number of nitrogens with zero attached hydrogens (tertiary/aromatic N) is 1. The van der Waals surface area contributed by atoms with Crippen LogP contribution in [0, 0.1) is 28.6 Å². The van der Waals surface area contributed by atoms with Crippen molar-refractivity contribution in [1.29, 1.82) is 0 Å². The summed E-state index contributed by atoms with van der Waals surface area (Å²) in [7, 11) is 0. The molecule has 1 heterocycles. The number of fused-ring (bicyclic) bond motifs is 1. The fourth-order valence-corrected chi connectivity index (χ4v) is 6.27. The molecule has 1 aliphatic heterocycles. The average molecular weight is 626 g/mol. The lowest BCUT2D eigenvalue weighted by Crippen LogP contribution is -2.62. The van der Waals surface area contributed by atoms with E-state index in [0.717, 1.165) is 31.2 Å². The molecule has 248 valence electrons. The van der Waals surface area contributed by atoms with Gasteiger partial charge in [-0.05, 0) is 47.0 Å². The zero-order valence-electron chi connectivity index (χ0n) is 27.6. The number of piperidine rings is 1. The topological polar surface area (TPSA) is 160 Å². The van der Waals surface area contributed by atoms with Crippen LogP contribution in [0.5, 0.6) is 0 Å². The minimum absolute atomic E-state index is 0.0246. The average Bonchev–Trinajstić information content (AvgIpc) is 3.59. The van der Waals surface area contributed by atoms with E-state index >= 15 is 0 Å². The van der Waals surface area contributed by atoms with Crippen LogP contribution in [0.4, 0.5) is 4.79 Å². The first-order chi connectivity index (χ1) is 21.1. The van der Waals surface area contributed by atoms with Crippen molar-refractivity contribution in [2.24, 2.45) is 34.3 Å². The highest BCUT2D eigenvalue weighted by atomic mass is 16.5. The lowest BCUT2D eigenvalue weighted by Gasteiger charge is -2.38. The number of primary amides is 1. The van der Waals surface area contributed by atoms with Gasteiger partial charge in [0.1, 0.15) is 12.1 Å². The van der Waals surface area contributed by atoms with Gasteiger partial charge in [0.05, 0.1) is 25.3 Å². The molecular formula is C34H51N5O6. The monoisotopic (exact) mass is 625 g/mol. The van der Waals surface area contributed by atoms with Gasteiger partial charge in [0.15, 0.2) is 0 Å². The number of nitrogens with one attached hydrogen (secondary N) is 3. The molecule has 2 saturated carbocycles. The normalized spacial score (nSPS) is 23.2. The molecule has 45 heavy (non-hydrogen) atoms. The van der Waals surface area contributed by atoms with Crippen molar-refractivity contribution in [3.05, 3.63) is 35.9 Å². The van der Waals surface area contributed by atoms with Crippen LogP contribution >= 0.6 is 0 Å². The van der Waals surface area contributed by atoms with Gasteiger partial charge in [-0.2, -0.15) is 0 Å². The Morgan fingerprint density at radius 2 is 1.62 bits per heavy atom. The minimum Gasteiger partial charge on any atom is -0.375 e. The van der Waals surface area contributed by atoms with E-state index in [1.54, 1.807) is 4.90 Å². The fraction of sp³-hybridized carbons (Fsp3) is 0.676. The number of urea groups is 1. The predicted molar refractivity (Wildman–Crippen MR) is 169 cm³/mol. The zero-order valence-corrected chi connectivity index (χ0v) is 27.6. The lowest BCUT2D eigenvalue weighted by atomic mass is 9.80. The highest BCUT2D eigenvalue weighted by molar-refractivity contribution is 6.37. The van der Waals surface area contributed by atoms with Gasteiger partial charge in [-0.25, -0.2) is 4.79 Å². The Bertz CT molecular complexity index is 1250. The highest BCUT2D eigenvalue weighted by Crippen LogP contribution is 2.50. The largest absolute Gasteiger partial charge is 0.375 e. The smallest absolute Gasteiger partial charge is 0.315 e. The molecule has 5 amide bonds. The second-order valence-electron chi connectivity index (χ2n) is 15.3. The maximum absolute atomic E-state index is 14.1. The highest BCUT2D eigenvalue weighted by Gasteiger charge is 2.58. The van der Waals surface area contributed by atoms with Gasteiger partial charge in [-0.3, -0.25) is 19.2 Å². The number of likely N-dealkylation sites (tertiary alicyclic amines) is 1. The molecule has 6 atom stereocenters. The number of rotatable bonds is 13. The SMILES string of the molecule is CC(C)(C)[C@H](NC(=O)N[C@H](COCc1ccccc1)C(C)(C)C)C(=O)N1C[C@@H]2C[C@@H]2[C@H]1C(=O)NC(CC1CCC1)C(=O)C(N)=O. The summed E-state index contributed by atoms with van der Waals surface area (Å²) in [4.78, 5) is 67.1. The third kappa shape index (κ3) is 8.83. The number of ketones is 1. The maximum Gasteiger partial charge on any atom is 0.315 e. The van der Waals surface area contributed by atoms with E-state index in [0.29, 0.717) is 19.6 Å². The lowest BCUT2D eigenvalue weighted by molar-refractivity contribution is -0.144. The molecule has 0 bridgehead atoms. The molecule has 1 unspecified atom stereocenters. The van der Waals surface area contributed by atoms with E-state index < -0.39 is 47.2 Å². The molecule has 1 saturated heterocycles. The van der Waals surface area contributed by atoms with E-state index in [1.807, 2.05) is 71.9 Å². The van der Waals surface area contributed by atoms with Gasteiger partial charge in [0, 0.05) is 6.54 Å². The molecule has 11 heteroatoms. The second kappa shape index (κ2) is 13.9. The van der Waals surface area contributed by atoms with Gasteiger partial charge in [-0.15, -0.1) is 0 Å². The molecular weight excluding hydrogens is 574 g/mol. The van der Waals surface area contributed by atoms with Crippen molar-refractivity contribution >= 4 is 29.5 Å². The summed E-state index contributed by atoms with van der Waals surface area (Å²) >= 11 is 0. The van der Waals surface area contributed by atoms with Gasteiger partial charge in [-0.1, -0.05) is 91.1 Å². The van der Waals surface area contributed by atoms with E-state index in [-0.39, 0.29) is 41.7 Å². The van der Waals surface area contributed by atoms with Crippen LogP contribution in [-0.4, -0.2) is 71.8 Å². The summed E-state index contributed by atoms with van der Waals surface area (Å²) in [6.45, 7) is 12.7. The molecule has 4 rings (SSSR count). The van der Waals surface area contributed by atoms with Gasteiger partial charge in [0.25, 0.3) is 5.91 Å². The Hall–Kier alpha value is -3.47. The Morgan fingerprint density at radius 3 is 2.18 bits per heavy atom. The number of ether oxygens (including phenoxy) is 1. The maximum atomic E-state index is 14.1. The molecule has 0 spiro atoms. The summed E-state index contributed by atoms with van der Waals surface area (Å²) in [5.41, 5.74) is 5.34. The molecule has 5 N–H and O–H groups in total. The van der Waals surface area contributed by atoms with Crippen LogP contribution in [0.3, 0.4) is 0 Å². The first-order valence-electron chi connectivity index (χ1n) is 16.2. The Labute approximate surface area is 266 Å². The zero-order chi connectivity index (χ0) is 33.1. The van der Waals surface area contributed by atoms with Crippen LogP contribution in [0.2, 0.25) is 0 Å². The van der Waals surface area contributed by atoms with Gasteiger partial charge in [0.2, 0.25) is 17.6 Å². The number of carbonyl (C=O) groups excluding carboxylic acids is 5. The quantitative estimate of drug-likeness (QED) is 0.247. The summed E-state index contributed by atoms with van der Waals surface area (Å²) < 4.78 is 5.95. The van der Waals surface area contributed by atoms with E-state index in [9.17, 15) is 24.0 Å². The molecule has 1 aromatic carbocycles. The third-order valence-corrected chi connectivity index (χ3v) is 9.51. The number of benzene rings is 1. The molecule has 0 radical (unpaired) electrons. The third-order valence-electron chi connectivity index (χ3n) is 9.51. The standard InChI is InChI=1S/C34H51N5O6/c1-33(2,3)25(19-45-18-21-11-8-7-9-12-21)37-32(44)38-28(34(4,5)6)31(43)39-17-22-16-23(22)26(39)30(42)36-24(27(40)29(35)41)15-20-13-10-14-20/h7-9,11-12,20,22-26,28H,10,13-19H2,1-6H3,(H2,35,41)(H,36,42)(H2,37,38,44)/t22-,23-,24?,25+,26-,28+/m0/s1. The summed E-state index contributed by atoms with van der Waals surface area (Å²) in [5, 5.41) is 8.70. The van der Waals surface area contributed by atoms with Crippen molar-refractivity contribution in [3.63, 3.8) is 0 Å². The Morgan fingerprint density at radius 1 is 0.956 bits per heavy atom. The molecule has 2 aliphatic carbocycles. The number of carbonyl (C=O) groups is 5. The van der Waals surface area contributed by atoms with Crippen LogP contribution in [0.1, 0.15) is 79.2 Å². The first kappa shape index (κ1) is 34.4. The minimum atomic E-state index is -1.08. The number of nitrogens with two attached hydrogens (primary N) is 1. The Balaban J connectivity index is 1.43. The number of Topliss-reactive ketones (excluding diaryl/α,β-unsaturated/α-hetero) is 1. The molecule has 3 aliphatic rings. The molecule has 3 fully saturated rings. The summed E-state index contributed by atoms with van der Waals surface area (Å²) in [6, 6.07) is 6.24. The fourth-order valence-electron chi connectivity index (χ4n) is 6.27. The van der Waals surface area contributed by atoms with E-state index in [2.05, 4.69) is 16.0 Å². The predicted octanol–water partition coefficient (Wildman–Crippen LogP) is 2.91. The van der Waals surface area contributed by atoms with Crippen molar-refractivity contribution < 1.29 is 28.7 Å². The Kier molecular flexibility index (Phi) is 10.6. The van der Waals surface area contributed by atoms with Gasteiger partial charge < -0.3 is 31.3 Å². The van der Waals surface area contributed by atoms with Crippen LogP contribution in [-0.2, 0) is 30.5 Å². The summed E-state index contributed by atoms with van der Waals surface area (Å²) in [6.07, 6.45) is 4.10. The first-order valence-corrected chi connectivity index (χ1v) is 16.2. The number of amides is 5. The number of hydrogen-bond donors (Lipinski definition) is 4. The molecule has 0 aromatic heterocycles. The van der Waals surface area contributed by atoms with Crippen LogP contribution in [0.15, 0.2) is 30.3 Å². The van der Waals surface area contributed by atoms with Crippen LogP contribution < -0.4 is 21.7 Å². The summed E-state index contributed by atoms with van der Waals surface area (Å²) in [5.74, 6) is -2.29. The van der Waals surface area contributed by atoms with E-state index in [4.69, 9.17) is 10.5 Å². The van der Waals surface area contributed by atoms with E-state index in [1.165, 1.54) is 0 Å². The van der Waals surface area contributed by atoms with Crippen molar-refractivity contribution in [2.75, 3.05) is 13.2 Å². The molecule has 11 nitrogen and oxygen atoms in total. The number of hydrogen-bond acceptors (Lipinski definition) is 6. The second-order valence-corrected chi connectivity index (χ2v) is 15.3. The van der Waals surface area contributed by atoms with Crippen molar-refractivity contribution in [2.45, 2.75) is 104 Å². The van der Waals surface area contributed by atoms with Gasteiger partial charge >= 0.3 is 6.03 Å².